The van der Waals surface area contributed by atoms with Crippen molar-refractivity contribution in [1.82, 2.24) is 4.98 Å². The Balaban J connectivity index is 2.25. The van der Waals surface area contributed by atoms with E-state index in [1.807, 2.05) is 0 Å². The van der Waals surface area contributed by atoms with E-state index in [0.29, 0.717) is 17.2 Å². The molecule has 1 aromatic heterocycles. The summed E-state index contributed by atoms with van der Waals surface area (Å²) in [5, 5.41) is 11.9. The van der Waals surface area contributed by atoms with Gasteiger partial charge in [-0.25, -0.2) is 0 Å². The number of carbonyl (C=O) groups is 1. The van der Waals surface area contributed by atoms with Crippen LogP contribution in [0.4, 0.5) is 5.69 Å². The molecule has 21 heavy (non-hydrogen) atoms. The van der Waals surface area contributed by atoms with Crippen LogP contribution in [0.2, 0.25) is 0 Å². The zero-order valence-corrected chi connectivity index (χ0v) is 11.5. The summed E-state index contributed by atoms with van der Waals surface area (Å²) in [5.41, 5.74) is -0.0454. The van der Waals surface area contributed by atoms with Gasteiger partial charge in [0.25, 0.3) is 11.5 Å². The van der Waals surface area contributed by atoms with Crippen LogP contribution in [0.5, 0.6) is 17.4 Å². The van der Waals surface area contributed by atoms with Crippen LogP contribution in [0.15, 0.2) is 35.1 Å². The van der Waals surface area contributed by atoms with Gasteiger partial charge in [0.1, 0.15) is 0 Å². The van der Waals surface area contributed by atoms with Crippen LogP contribution < -0.4 is 20.3 Å². The van der Waals surface area contributed by atoms with Crippen molar-refractivity contribution in [3.63, 3.8) is 0 Å². The maximum absolute atomic E-state index is 12.0. The molecular weight excluding hydrogens is 276 g/mol. The lowest BCUT2D eigenvalue weighted by Crippen LogP contribution is -2.15. The van der Waals surface area contributed by atoms with Gasteiger partial charge in [-0.15, -0.1) is 0 Å². The van der Waals surface area contributed by atoms with Gasteiger partial charge in [0, 0.05) is 23.9 Å². The first kappa shape index (κ1) is 14.4. The molecular formula is C14H14N2O5. The Kier molecular flexibility index (Phi) is 4.13. The van der Waals surface area contributed by atoms with Crippen molar-refractivity contribution in [2.75, 3.05) is 19.5 Å². The van der Waals surface area contributed by atoms with Gasteiger partial charge < -0.3 is 19.9 Å². The predicted octanol–water partition coefficient (Wildman–Crippen LogP) is 1.35. The van der Waals surface area contributed by atoms with Gasteiger partial charge in [0.05, 0.1) is 19.8 Å². The lowest BCUT2D eigenvalue weighted by molar-refractivity contribution is 0.102. The maximum Gasteiger partial charge on any atom is 0.256 e. The Morgan fingerprint density at radius 1 is 1.14 bits per heavy atom. The van der Waals surface area contributed by atoms with Crippen molar-refractivity contribution in [3.05, 3.63) is 46.2 Å². The first-order valence-corrected chi connectivity index (χ1v) is 6.00. The van der Waals surface area contributed by atoms with Crippen molar-refractivity contribution in [3.8, 4) is 17.4 Å². The van der Waals surface area contributed by atoms with Gasteiger partial charge in [-0.2, -0.15) is 0 Å². The number of aromatic hydroxyl groups is 1. The predicted molar refractivity (Wildman–Crippen MR) is 76.2 cm³/mol. The Morgan fingerprint density at radius 2 is 1.86 bits per heavy atom. The van der Waals surface area contributed by atoms with Crippen LogP contribution >= 0.6 is 0 Å². The standard InChI is InChI=1S/C14H14N2O5/c1-20-10-4-3-9(7-11(10)21-2)15-14(19)8-5-12(17)16-13(18)6-8/h3-7H,1-2H3,(H,15,19)(H2,16,17,18). The zero-order chi connectivity index (χ0) is 15.4. The van der Waals surface area contributed by atoms with E-state index in [1.165, 1.54) is 14.2 Å². The van der Waals surface area contributed by atoms with Crippen molar-refractivity contribution < 1.29 is 19.4 Å². The summed E-state index contributed by atoms with van der Waals surface area (Å²) < 4.78 is 10.2. The van der Waals surface area contributed by atoms with Crippen LogP contribution in [0.3, 0.4) is 0 Å². The third-order valence-electron chi connectivity index (χ3n) is 2.73. The third kappa shape index (κ3) is 3.33. The topological polar surface area (TPSA) is 101 Å². The SMILES string of the molecule is COc1ccc(NC(=O)c2cc(O)[nH]c(=O)c2)cc1OC. The number of pyridine rings is 1. The van der Waals surface area contributed by atoms with E-state index >= 15 is 0 Å². The van der Waals surface area contributed by atoms with Crippen molar-refractivity contribution in [1.29, 1.82) is 0 Å². The summed E-state index contributed by atoms with van der Waals surface area (Å²) >= 11 is 0. The minimum absolute atomic E-state index is 0.0473. The van der Waals surface area contributed by atoms with Crippen molar-refractivity contribution in [2.45, 2.75) is 0 Å². The number of H-pyrrole nitrogens is 1. The molecule has 1 aromatic carbocycles. The molecule has 0 bridgehead atoms. The van der Waals surface area contributed by atoms with Gasteiger partial charge in [0.15, 0.2) is 17.4 Å². The molecule has 110 valence electrons. The second-order valence-electron chi connectivity index (χ2n) is 4.14. The molecule has 0 radical (unpaired) electrons. The lowest BCUT2D eigenvalue weighted by Gasteiger charge is -2.10. The van der Waals surface area contributed by atoms with E-state index in [-0.39, 0.29) is 11.4 Å². The molecule has 1 heterocycles. The molecule has 0 saturated carbocycles. The second-order valence-corrected chi connectivity index (χ2v) is 4.14. The molecule has 0 unspecified atom stereocenters. The Labute approximate surface area is 120 Å². The summed E-state index contributed by atoms with van der Waals surface area (Å²) in [4.78, 5) is 25.4. The monoisotopic (exact) mass is 290 g/mol. The Hall–Kier alpha value is -2.96. The number of carbonyl (C=O) groups excluding carboxylic acids is 1. The van der Waals surface area contributed by atoms with Gasteiger partial charge in [0.2, 0.25) is 0 Å². The van der Waals surface area contributed by atoms with E-state index in [9.17, 15) is 14.7 Å². The fourth-order valence-corrected chi connectivity index (χ4v) is 1.78. The third-order valence-corrected chi connectivity index (χ3v) is 2.73. The van der Waals surface area contributed by atoms with Crippen LogP contribution in [-0.4, -0.2) is 30.2 Å². The summed E-state index contributed by atoms with van der Waals surface area (Å²) in [5.74, 6) is 0.0944. The van der Waals surface area contributed by atoms with E-state index in [4.69, 9.17) is 9.47 Å². The molecule has 0 aliphatic rings. The Morgan fingerprint density at radius 3 is 2.48 bits per heavy atom. The number of rotatable bonds is 4. The van der Waals surface area contributed by atoms with Gasteiger partial charge >= 0.3 is 0 Å². The Bertz CT molecular complexity index is 724. The lowest BCUT2D eigenvalue weighted by atomic mass is 10.2. The minimum Gasteiger partial charge on any atom is -0.494 e. The summed E-state index contributed by atoms with van der Waals surface area (Å²) in [6, 6.07) is 7.12. The quantitative estimate of drug-likeness (QED) is 0.789. The van der Waals surface area contributed by atoms with E-state index in [2.05, 4.69) is 10.3 Å². The van der Waals surface area contributed by atoms with Crippen LogP contribution in [0.25, 0.3) is 0 Å². The van der Waals surface area contributed by atoms with E-state index in [0.717, 1.165) is 12.1 Å². The van der Waals surface area contributed by atoms with Crippen LogP contribution in [0.1, 0.15) is 10.4 Å². The molecule has 0 atom stereocenters. The highest BCUT2D eigenvalue weighted by molar-refractivity contribution is 6.04. The molecule has 0 spiro atoms. The number of anilines is 1. The van der Waals surface area contributed by atoms with Crippen LogP contribution in [-0.2, 0) is 0 Å². The molecule has 7 nitrogen and oxygen atoms in total. The fraction of sp³-hybridized carbons (Fsp3) is 0.143. The highest BCUT2D eigenvalue weighted by Crippen LogP contribution is 2.29. The summed E-state index contributed by atoms with van der Waals surface area (Å²) in [6.07, 6.45) is 0. The highest BCUT2D eigenvalue weighted by atomic mass is 16.5. The maximum atomic E-state index is 12.0. The number of aromatic amines is 1. The number of nitrogens with one attached hydrogen (secondary N) is 2. The molecule has 0 fully saturated rings. The zero-order valence-electron chi connectivity index (χ0n) is 11.5. The van der Waals surface area contributed by atoms with Gasteiger partial charge in [-0.1, -0.05) is 0 Å². The van der Waals surface area contributed by atoms with Gasteiger partial charge in [-0.3, -0.25) is 14.6 Å². The van der Waals surface area contributed by atoms with Crippen LogP contribution in [0, 0.1) is 0 Å². The molecule has 0 aliphatic heterocycles. The minimum atomic E-state index is -0.563. The first-order chi connectivity index (χ1) is 10.0. The number of hydrogen-bond donors (Lipinski definition) is 3. The van der Waals surface area contributed by atoms with Crippen molar-refractivity contribution in [2.24, 2.45) is 0 Å². The average molecular weight is 290 g/mol. The number of amides is 1. The summed E-state index contributed by atoms with van der Waals surface area (Å²) in [7, 11) is 2.99. The second kappa shape index (κ2) is 6.00. The van der Waals surface area contributed by atoms with E-state index < -0.39 is 11.5 Å². The number of methoxy groups -OCH3 is 2. The number of ether oxygens (including phenoxy) is 2. The summed E-state index contributed by atoms with van der Waals surface area (Å²) in [6.45, 7) is 0. The number of aromatic nitrogens is 1. The largest absolute Gasteiger partial charge is 0.494 e. The fourth-order valence-electron chi connectivity index (χ4n) is 1.78. The van der Waals surface area contributed by atoms with Crippen molar-refractivity contribution >= 4 is 11.6 Å². The number of hydrogen-bond acceptors (Lipinski definition) is 5. The molecule has 2 aromatic rings. The van der Waals surface area contributed by atoms with E-state index in [1.54, 1.807) is 18.2 Å². The average Bonchev–Trinajstić information content (AvgIpc) is 2.46. The van der Waals surface area contributed by atoms with Gasteiger partial charge in [-0.05, 0) is 12.1 Å². The normalized spacial score (nSPS) is 10.0. The number of benzene rings is 1. The molecule has 0 saturated heterocycles. The molecule has 1 amide bonds. The highest BCUT2D eigenvalue weighted by Gasteiger charge is 2.10. The first-order valence-electron chi connectivity index (χ1n) is 6.00. The molecule has 7 heteroatoms. The smallest absolute Gasteiger partial charge is 0.256 e. The molecule has 0 aliphatic carbocycles. The molecule has 3 N–H and O–H groups in total. The molecule has 2 rings (SSSR count).